The Morgan fingerprint density at radius 3 is 2.83 bits per heavy atom. The molecule has 1 aliphatic rings. The summed E-state index contributed by atoms with van der Waals surface area (Å²) >= 11 is 0. The first-order valence-electron chi connectivity index (χ1n) is 6.52. The predicted octanol–water partition coefficient (Wildman–Crippen LogP) is 2.32. The average molecular weight is 246 g/mol. The van der Waals surface area contributed by atoms with E-state index in [2.05, 4.69) is 0 Å². The van der Waals surface area contributed by atoms with Crippen LogP contribution in [0, 0.1) is 5.92 Å². The molecule has 4 heteroatoms. The van der Waals surface area contributed by atoms with Gasteiger partial charge in [0.25, 0.3) is 0 Å². The van der Waals surface area contributed by atoms with E-state index in [1.165, 1.54) is 30.3 Å². The van der Waals surface area contributed by atoms with Gasteiger partial charge < -0.3 is 10.2 Å². The maximum Gasteiger partial charge on any atom is 0.419 e. The molecule has 0 spiro atoms. The van der Waals surface area contributed by atoms with Crippen molar-refractivity contribution in [1.29, 1.82) is 0 Å². The van der Waals surface area contributed by atoms with E-state index in [0.29, 0.717) is 11.5 Å². The van der Waals surface area contributed by atoms with E-state index in [-0.39, 0.29) is 11.8 Å². The number of fused-ring (bicyclic) bond motifs is 1. The lowest BCUT2D eigenvalue weighted by atomic mass is 9.92. The van der Waals surface area contributed by atoms with Crippen LogP contribution in [0.5, 0.6) is 0 Å². The van der Waals surface area contributed by atoms with Gasteiger partial charge in [0, 0.05) is 13.1 Å². The Balaban J connectivity index is 2.00. The SMILES string of the molecule is Cn1c(=O)oc2cc(C(N)C3CCCC3)ccc21. The lowest BCUT2D eigenvalue weighted by Crippen LogP contribution is -2.18. The highest BCUT2D eigenvalue weighted by molar-refractivity contribution is 5.73. The van der Waals surface area contributed by atoms with Crippen molar-refractivity contribution in [1.82, 2.24) is 4.57 Å². The molecule has 0 amide bonds. The number of aromatic nitrogens is 1. The lowest BCUT2D eigenvalue weighted by molar-refractivity contribution is 0.444. The molecule has 1 heterocycles. The van der Waals surface area contributed by atoms with Gasteiger partial charge in [-0.1, -0.05) is 18.9 Å². The summed E-state index contributed by atoms with van der Waals surface area (Å²) in [7, 11) is 1.71. The van der Waals surface area contributed by atoms with E-state index in [1.54, 1.807) is 7.05 Å². The van der Waals surface area contributed by atoms with Gasteiger partial charge in [0.15, 0.2) is 5.58 Å². The molecule has 3 rings (SSSR count). The Labute approximate surface area is 105 Å². The minimum Gasteiger partial charge on any atom is -0.408 e. The molecule has 1 saturated carbocycles. The largest absolute Gasteiger partial charge is 0.419 e. The summed E-state index contributed by atoms with van der Waals surface area (Å²) in [4.78, 5) is 11.4. The first-order chi connectivity index (χ1) is 8.66. The van der Waals surface area contributed by atoms with Crippen LogP contribution in [0.3, 0.4) is 0 Å². The predicted molar refractivity (Wildman–Crippen MR) is 70.3 cm³/mol. The summed E-state index contributed by atoms with van der Waals surface area (Å²) in [6.07, 6.45) is 4.97. The van der Waals surface area contributed by atoms with Gasteiger partial charge >= 0.3 is 5.76 Å². The third-order valence-electron chi connectivity index (χ3n) is 4.11. The third-order valence-corrected chi connectivity index (χ3v) is 4.11. The van der Waals surface area contributed by atoms with Crippen LogP contribution in [-0.2, 0) is 7.05 Å². The van der Waals surface area contributed by atoms with Gasteiger partial charge in [0.2, 0.25) is 0 Å². The normalized spacial score (nSPS) is 18.6. The van der Waals surface area contributed by atoms with Gasteiger partial charge in [-0.25, -0.2) is 4.79 Å². The Bertz CT molecular complexity index is 620. The highest BCUT2D eigenvalue weighted by atomic mass is 16.4. The summed E-state index contributed by atoms with van der Waals surface area (Å²) in [6.45, 7) is 0. The Morgan fingerprint density at radius 1 is 1.39 bits per heavy atom. The maximum atomic E-state index is 11.4. The quantitative estimate of drug-likeness (QED) is 0.884. The number of rotatable bonds is 2. The van der Waals surface area contributed by atoms with Crippen LogP contribution < -0.4 is 11.5 Å². The van der Waals surface area contributed by atoms with Gasteiger partial charge in [0.05, 0.1) is 5.52 Å². The van der Waals surface area contributed by atoms with Gasteiger partial charge in [-0.15, -0.1) is 0 Å². The molecule has 0 radical (unpaired) electrons. The number of benzene rings is 1. The van der Waals surface area contributed by atoms with Crippen LogP contribution in [0.4, 0.5) is 0 Å². The fraction of sp³-hybridized carbons (Fsp3) is 0.500. The molecule has 2 aromatic rings. The van der Waals surface area contributed by atoms with Crippen molar-refractivity contribution in [2.24, 2.45) is 18.7 Å². The summed E-state index contributed by atoms with van der Waals surface area (Å²) in [6, 6.07) is 5.91. The standard InChI is InChI=1S/C14H18N2O2/c1-16-11-7-6-10(8-12(11)18-14(16)17)13(15)9-4-2-3-5-9/h6-9,13H,2-5,15H2,1H3. The van der Waals surface area contributed by atoms with Crippen molar-refractivity contribution in [2.75, 3.05) is 0 Å². The highest BCUT2D eigenvalue weighted by Crippen LogP contribution is 2.34. The molecule has 0 aliphatic heterocycles. The zero-order valence-corrected chi connectivity index (χ0v) is 10.6. The first-order valence-corrected chi connectivity index (χ1v) is 6.52. The Kier molecular flexibility index (Phi) is 2.74. The number of nitrogens with two attached hydrogens (primary N) is 1. The molecule has 18 heavy (non-hydrogen) atoms. The molecule has 1 aromatic heterocycles. The van der Waals surface area contributed by atoms with Crippen molar-refractivity contribution in [3.63, 3.8) is 0 Å². The highest BCUT2D eigenvalue weighted by Gasteiger charge is 2.23. The monoisotopic (exact) mass is 246 g/mol. The summed E-state index contributed by atoms with van der Waals surface area (Å²) in [5, 5.41) is 0. The number of nitrogens with zero attached hydrogens (tertiary/aromatic N) is 1. The average Bonchev–Trinajstić information content (AvgIpc) is 2.98. The summed E-state index contributed by atoms with van der Waals surface area (Å²) in [5.74, 6) is 0.245. The van der Waals surface area contributed by atoms with Gasteiger partial charge in [-0.05, 0) is 36.5 Å². The van der Waals surface area contributed by atoms with Crippen LogP contribution in [0.1, 0.15) is 37.3 Å². The first kappa shape index (κ1) is 11.5. The van der Waals surface area contributed by atoms with Crippen LogP contribution in [0.15, 0.2) is 27.4 Å². The number of hydrogen-bond acceptors (Lipinski definition) is 3. The van der Waals surface area contributed by atoms with Crippen LogP contribution in [0.2, 0.25) is 0 Å². The van der Waals surface area contributed by atoms with Crippen LogP contribution in [0.25, 0.3) is 11.1 Å². The van der Waals surface area contributed by atoms with Gasteiger partial charge in [0.1, 0.15) is 0 Å². The molecule has 2 N–H and O–H groups in total. The minimum absolute atomic E-state index is 0.0578. The second-order valence-electron chi connectivity index (χ2n) is 5.22. The molecule has 1 aliphatic carbocycles. The van der Waals surface area contributed by atoms with Crippen molar-refractivity contribution in [2.45, 2.75) is 31.7 Å². The van der Waals surface area contributed by atoms with Gasteiger partial charge in [-0.2, -0.15) is 0 Å². The Hall–Kier alpha value is -1.55. The fourth-order valence-electron chi connectivity index (χ4n) is 2.95. The number of hydrogen-bond donors (Lipinski definition) is 1. The smallest absolute Gasteiger partial charge is 0.408 e. The van der Waals surface area contributed by atoms with E-state index in [9.17, 15) is 4.79 Å². The third kappa shape index (κ3) is 1.77. The Morgan fingerprint density at radius 2 is 2.11 bits per heavy atom. The molecule has 1 atom stereocenters. The van der Waals surface area contributed by atoms with E-state index in [4.69, 9.17) is 10.2 Å². The lowest BCUT2D eigenvalue weighted by Gasteiger charge is -2.18. The van der Waals surface area contributed by atoms with E-state index in [1.807, 2.05) is 18.2 Å². The molecular weight excluding hydrogens is 228 g/mol. The second-order valence-corrected chi connectivity index (χ2v) is 5.22. The summed E-state index contributed by atoms with van der Waals surface area (Å²) in [5.41, 5.74) is 8.84. The second kappa shape index (κ2) is 4.28. The van der Waals surface area contributed by atoms with E-state index >= 15 is 0 Å². The molecule has 0 saturated heterocycles. The van der Waals surface area contributed by atoms with E-state index < -0.39 is 0 Å². The topological polar surface area (TPSA) is 61.2 Å². The van der Waals surface area contributed by atoms with Crippen molar-refractivity contribution in [3.05, 3.63) is 34.3 Å². The van der Waals surface area contributed by atoms with Gasteiger partial charge in [-0.3, -0.25) is 4.57 Å². The number of oxazole rings is 1. The summed E-state index contributed by atoms with van der Waals surface area (Å²) < 4.78 is 6.72. The van der Waals surface area contributed by atoms with Crippen molar-refractivity contribution in [3.8, 4) is 0 Å². The maximum absolute atomic E-state index is 11.4. The minimum atomic E-state index is -0.323. The van der Waals surface area contributed by atoms with Crippen LogP contribution in [-0.4, -0.2) is 4.57 Å². The van der Waals surface area contributed by atoms with Crippen molar-refractivity contribution < 1.29 is 4.42 Å². The van der Waals surface area contributed by atoms with E-state index in [0.717, 1.165) is 11.1 Å². The van der Waals surface area contributed by atoms with Crippen molar-refractivity contribution >= 4 is 11.1 Å². The number of aryl methyl sites for hydroxylation is 1. The zero-order chi connectivity index (χ0) is 12.7. The zero-order valence-electron chi connectivity index (χ0n) is 10.6. The molecule has 96 valence electrons. The molecule has 1 aromatic carbocycles. The molecular formula is C14H18N2O2. The molecule has 0 bridgehead atoms. The molecule has 1 fully saturated rings. The fourth-order valence-corrected chi connectivity index (χ4v) is 2.95. The molecule has 4 nitrogen and oxygen atoms in total. The molecule has 1 unspecified atom stereocenters. The van der Waals surface area contributed by atoms with Crippen LogP contribution >= 0.6 is 0 Å².